The molecule has 1 nitrogen and oxygen atoms in total. The zero-order chi connectivity index (χ0) is 9.30. The van der Waals surface area contributed by atoms with Crippen LogP contribution in [0.15, 0.2) is 10.5 Å². The molecule has 0 amide bonds. The molecule has 0 aromatic heterocycles. The lowest BCUT2D eigenvalue weighted by molar-refractivity contribution is 0.379. The molecule has 1 aromatic rings. The van der Waals surface area contributed by atoms with Crippen LogP contribution in [0.4, 0.5) is 8.78 Å². The summed E-state index contributed by atoms with van der Waals surface area (Å²) >= 11 is 8.17. The molecule has 0 saturated carbocycles. The summed E-state index contributed by atoms with van der Waals surface area (Å²) in [4.78, 5) is 0. The summed E-state index contributed by atoms with van der Waals surface area (Å²) in [5, 5.41) is -0.278. The van der Waals surface area contributed by atoms with Crippen molar-refractivity contribution in [2.75, 3.05) is 7.11 Å². The molecule has 0 radical (unpaired) electrons. The van der Waals surface area contributed by atoms with E-state index in [1.807, 2.05) is 0 Å². The predicted molar refractivity (Wildman–Crippen MR) is 45.6 cm³/mol. The zero-order valence-corrected chi connectivity index (χ0v) is 8.34. The van der Waals surface area contributed by atoms with Crippen LogP contribution in [-0.4, -0.2) is 7.11 Å². The Balaban J connectivity index is 3.40. The second-order valence-corrected chi connectivity index (χ2v) is 3.20. The maximum atomic E-state index is 12.9. The first-order chi connectivity index (χ1) is 5.57. The Kier molecular flexibility index (Phi) is 2.90. The first kappa shape index (κ1) is 9.74. The maximum Gasteiger partial charge on any atom is 0.171 e. The highest BCUT2D eigenvalue weighted by atomic mass is 79.9. The third-order valence-corrected chi connectivity index (χ3v) is 2.26. The molecule has 0 saturated heterocycles. The fourth-order valence-electron chi connectivity index (χ4n) is 0.737. The highest BCUT2D eigenvalue weighted by Crippen LogP contribution is 2.34. The topological polar surface area (TPSA) is 9.23 Å². The number of hydrogen-bond donors (Lipinski definition) is 0. The van der Waals surface area contributed by atoms with Gasteiger partial charge in [-0.3, -0.25) is 0 Å². The quantitative estimate of drug-likeness (QED) is 0.553. The molecule has 0 aliphatic carbocycles. The van der Waals surface area contributed by atoms with Gasteiger partial charge in [0.2, 0.25) is 0 Å². The molecular weight excluding hydrogens is 253 g/mol. The normalized spacial score (nSPS) is 10.1. The predicted octanol–water partition coefficient (Wildman–Crippen LogP) is 3.39. The fraction of sp³-hybridized carbons (Fsp3) is 0.143. The summed E-state index contributed by atoms with van der Waals surface area (Å²) in [5.41, 5.74) is 0. The highest BCUT2D eigenvalue weighted by molar-refractivity contribution is 9.10. The van der Waals surface area contributed by atoms with E-state index in [1.165, 1.54) is 7.11 Å². The number of rotatable bonds is 1. The van der Waals surface area contributed by atoms with E-state index in [0.29, 0.717) is 0 Å². The Morgan fingerprint density at radius 1 is 1.50 bits per heavy atom. The SMILES string of the molecule is COc1c(F)cc(Cl)c(F)c1Br. The van der Waals surface area contributed by atoms with Crippen molar-refractivity contribution in [3.8, 4) is 5.75 Å². The Labute approximate surface area is 81.4 Å². The van der Waals surface area contributed by atoms with Crippen molar-refractivity contribution in [1.82, 2.24) is 0 Å². The standard InChI is InChI=1S/C7H4BrClF2O/c1-12-7-4(10)2-3(9)6(11)5(7)8/h2H,1H3. The van der Waals surface area contributed by atoms with Crippen LogP contribution in [0.2, 0.25) is 5.02 Å². The van der Waals surface area contributed by atoms with Crippen molar-refractivity contribution < 1.29 is 13.5 Å². The van der Waals surface area contributed by atoms with E-state index in [-0.39, 0.29) is 15.2 Å². The average molecular weight is 257 g/mol. The van der Waals surface area contributed by atoms with E-state index in [0.717, 1.165) is 6.07 Å². The van der Waals surface area contributed by atoms with Gasteiger partial charge >= 0.3 is 0 Å². The molecule has 0 unspecified atom stereocenters. The Morgan fingerprint density at radius 3 is 2.58 bits per heavy atom. The van der Waals surface area contributed by atoms with E-state index in [1.54, 1.807) is 0 Å². The summed E-state index contributed by atoms with van der Waals surface area (Å²) in [6.45, 7) is 0. The summed E-state index contributed by atoms with van der Waals surface area (Å²) in [6, 6.07) is 0.862. The van der Waals surface area contributed by atoms with E-state index in [4.69, 9.17) is 11.6 Å². The van der Waals surface area contributed by atoms with Crippen LogP contribution in [-0.2, 0) is 0 Å². The van der Waals surface area contributed by atoms with Crippen LogP contribution in [0, 0.1) is 11.6 Å². The summed E-state index contributed by atoms with van der Waals surface area (Å²) in [6.07, 6.45) is 0. The van der Waals surface area contributed by atoms with Gasteiger partial charge in [0.1, 0.15) is 0 Å². The molecule has 0 bridgehead atoms. The minimum absolute atomic E-state index is 0.102. The largest absolute Gasteiger partial charge is 0.492 e. The van der Waals surface area contributed by atoms with E-state index in [9.17, 15) is 8.78 Å². The number of halogens is 4. The summed E-state index contributed by atoms with van der Waals surface area (Å²) in [7, 11) is 1.25. The lowest BCUT2D eigenvalue weighted by Crippen LogP contribution is -1.92. The second-order valence-electron chi connectivity index (χ2n) is 2.00. The maximum absolute atomic E-state index is 12.9. The minimum Gasteiger partial charge on any atom is -0.492 e. The molecule has 66 valence electrons. The van der Waals surface area contributed by atoms with Crippen molar-refractivity contribution >= 4 is 27.5 Å². The van der Waals surface area contributed by atoms with Gasteiger partial charge < -0.3 is 4.74 Å². The van der Waals surface area contributed by atoms with E-state index < -0.39 is 11.6 Å². The Hall–Kier alpha value is -0.350. The molecular formula is C7H4BrClF2O. The second kappa shape index (κ2) is 3.58. The summed E-state index contributed by atoms with van der Waals surface area (Å²) < 4.78 is 30.3. The first-order valence-corrected chi connectivity index (χ1v) is 4.12. The fourth-order valence-corrected chi connectivity index (χ4v) is 1.61. The van der Waals surface area contributed by atoms with Gasteiger partial charge in [-0.2, -0.15) is 0 Å². The van der Waals surface area contributed by atoms with Crippen LogP contribution >= 0.6 is 27.5 Å². The molecule has 1 aromatic carbocycles. The lowest BCUT2D eigenvalue weighted by Gasteiger charge is -2.05. The van der Waals surface area contributed by atoms with E-state index >= 15 is 0 Å². The number of ether oxygens (including phenoxy) is 1. The molecule has 0 heterocycles. The van der Waals surface area contributed by atoms with Gasteiger partial charge in [-0.05, 0) is 22.0 Å². The van der Waals surface area contributed by atoms with Crippen LogP contribution in [0.5, 0.6) is 5.75 Å². The summed E-state index contributed by atoms with van der Waals surface area (Å²) in [5.74, 6) is -1.61. The van der Waals surface area contributed by atoms with Crippen LogP contribution in [0.3, 0.4) is 0 Å². The molecule has 0 N–H and O–H groups in total. The molecule has 0 aliphatic heterocycles. The van der Waals surface area contributed by atoms with Crippen molar-refractivity contribution in [2.24, 2.45) is 0 Å². The van der Waals surface area contributed by atoms with Crippen LogP contribution < -0.4 is 4.74 Å². The smallest absolute Gasteiger partial charge is 0.171 e. The number of hydrogen-bond acceptors (Lipinski definition) is 1. The van der Waals surface area contributed by atoms with Crippen molar-refractivity contribution in [3.05, 3.63) is 27.2 Å². The molecule has 0 aliphatic rings. The number of methoxy groups -OCH3 is 1. The van der Waals surface area contributed by atoms with Gasteiger partial charge in [0.05, 0.1) is 16.6 Å². The monoisotopic (exact) mass is 256 g/mol. The minimum atomic E-state index is -0.727. The van der Waals surface area contributed by atoms with Gasteiger partial charge in [0, 0.05) is 0 Å². The molecule has 0 fully saturated rings. The Morgan fingerprint density at radius 2 is 2.08 bits per heavy atom. The average Bonchev–Trinajstić information content (AvgIpc) is 2.01. The van der Waals surface area contributed by atoms with Gasteiger partial charge in [0.25, 0.3) is 0 Å². The van der Waals surface area contributed by atoms with Crippen molar-refractivity contribution in [1.29, 1.82) is 0 Å². The lowest BCUT2D eigenvalue weighted by atomic mass is 10.3. The van der Waals surface area contributed by atoms with Gasteiger partial charge in [-0.1, -0.05) is 11.6 Å². The first-order valence-electron chi connectivity index (χ1n) is 2.95. The molecule has 0 atom stereocenters. The van der Waals surface area contributed by atoms with Crippen molar-refractivity contribution in [2.45, 2.75) is 0 Å². The third kappa shape index (κ3) is 1.54. The molecule has 12 heavy (non-hydrogen) atoms. The third-order valence-electron chi connectivity index (χ3n) is 1.28. The Bertz CT molecular complexity index is 317. The van der Waals surface area contributed by atoms with Gasteiger partial charge in [-0.15, -0.1) is 0 Å². The van der Waals surface area contributed by atoms with Gasteiger partial charge in [0.15, 0.2) is 17.4 Å². The van der Waals surface area contributed by atoms with Crippen LogP contribution in [0.25, 0.3) is 0 Å². The molecule has 5 heteroatoms. The van der Waals surface area contributed by atoms with Gasteiger partial charge in [-0.25, -0.2) is 8.78 Å². The number of benzene rings is 1. The van der Waals surface area contributed by atoms with Crippen LogP contribution in [0.1, 0.15) is 0 Å². The highest BCUT2D eigenvalue weighted by Gasteiger charge is 2.15. The van der Waals surface area contributed by atoms with E-state index in [2.05, 4.69) is 20.7 Å². The molecule has 1 rings (SSSR count). The zero-order valence-electron chi connectivity index (χ0n) is 6.00. The van der Waals surface area contributed by atoms with Crippen molar-refractivity contribution in [3.63, 3.8) is 0 Å². The molecule has 0 spiro atoms.